The predicted octanol–water partition coefficient (Wildman–Crippen LogP) is 1.44. The molecule has 0 aromatic carbocycles. The molecule has 0 aliphatic carbocycles. The van der Waals surface area contributed by atoms with Gasteiger partial charge in [-0.15, -0.1) is 12.3 Å². The van der Waals surface area contributed by atoms with Crippen LogP contribution in [0.15, 0.2) is 22.9 Å². The molecule has 2 aromatic heterocycles. The van der Waals surface area contributed by atoms with Gasteiger partial charge in [0.05, 0.1) is 26.1 Å². The molecule has 0 bridgehead atoms. The maximum Gasteiger partial charge on any atom is 0.207 e. The molecular weight excluding hydrogens is 543 g/mol. The number of imidazole rings is 1. The molecule has 2 unspecified atom stereocenters. The summed E-state index contributed by atoms with van der Waals surface area (Å²) < 4.78 is 45.1. The van der Waals surface area contributed by atoms with Crippen molar-refractivity contribution in [2.75, 3.05) is 44.8 Å². The number of aromatic nitrogens is 4. The summed E-state index contributed by atoms with van der Waals surface area (Å²) in [4.78, 5) is 26.1. The number of nitrogens with zero attached hydrogens (tertiary/aromatic N) is 7. The molecule has 15 nitrogen and oxygen atoms in total. The van der Waals surface area contributed by atoms with Gasteiger partial charge in [-0.2, -0.15) is 10.2 Å². The highest BCUT2D eigenvalue weighted by molar-refractivity contribution is 7.48. The minimum atomic E-state index is -4.28. The van der Waals surface area contributed by atoms with Crippen molar-refractivity contribution in [1.29, 1.82) is 0 Å². The average Bonchev–Trinajstić information content (AvgIpc) is 3.27. The van der Waals surface area contributed by atoms with Gasteiger partial charge in [0, 0.05) is 38.9 Å². The summed E-state index contributed by atoms with van der Waals surface area (Å²) in [6, 6.07) is 0. The van der Waals surface area contributed by atoms with E-state index in [0.29, 0.717) is 49.6 Å². The van der Waals surface area contributed by atoms with E-state index in [9.17, 15) is 9.46 Å². The Balaban J connectivity index is 1.16. The zero-order valence-electron chi connectivity index (χ0n) is 22.3. The van der Waals surface area contributed by atoms with Gasteiger partial charge >= 0.3 is 0 Å². The third-order valence-electron chi connectivity index (χ3n) is 7.36. The molecule has 4 aliphatic rings. The van der Waals surface area contributed by atoms with Crippen molar-refractivity contribution < 1.29 is 32.9 Å². The van der Waals surface area contributed by atoms with Crippen LogP contribution in [0.25, 0.3) is 11.2 Å². The second kappa shape index (κ2) is 10.7. The smallest absolute Gasteiger partial charge is 0.207 e. The van der Waals surface area contributed by atoms with Gasteiger partial charge in [-0.25, -0.2) is 19.6 Å². The quantitative estimate of drug-likeness (QED) is 0.303. The Kier molecular flexibility index (Phi) is 7.39. The number of anilines is 1. The highest BCUT2D eigenvalue weighted by atomic mass is 31.2. The number of nitrogens with one attached hydrogen (secondary N) is 1. The first kappa shape index (κ1) is 27.6. The van der Waals surface area contributed by atoms with Crippen molar-refractivity contribution in [3.8, 4) is 12.3 Å². The molecular formula is C24H32N8O7P-. The largest absolute Gasteiger partial charge is 0.766 e. The minimum Gasteiger partial charge on any atom is -0.766 e. The van der Waals surface area contributed by atoms with Gasteiger partial charge in [-0.05, 0) is 13.8 Å². The number of hydrogen-bond donors (Lipinski definition) is 1. The Morgan fingerprint density at radius 3 is 2.73 bits per heavy atom. The fourth-order valence-electron chi connectivity index (χ4n) is 5.28. The van der Waals surface area contributed by atoms with Gasteiger partial charge in [0.1, 0.15) is 24.6 Å². The predicted molar refractivity (Wildman–Crippen MR) is 138 cm³/mol. The number of hydrogen-bond acceptors (Lipinski definition) is 13. The first-order chi connectivity index (χ1) is 19.2. The molecule has 6 rings (SSSR count). The van der Waals surface area contributed by atoms with Crippen LogP contribution in [-0.4, -0.2) is 93.4 Å². The molecule has 0 spiro atoms. The third kappa shape index (κ3) is 5.50. The van der Waals surface area contributed by atoms with Gasteiger partial charge in [0.2, 0.25) is 7.75 Å². The highest BCUT2D eigenvalue weighted by Crippen LogP contribution is 2.47. The van der Waals surface area contributed by atoms with Crippen LogP contribution in [0, 0.1) is 12.3 Å². The summed E-state index contributed by atoms with van der Waals surface area (Å²) in [5, 5.41) is 11.6. The van der Waals surface area contributed by atoms with Gasteiger partial charge in [-0.3, -0.25) is 9.13 Å². The Morgan fingerprint density at radius 1 is 1.20 bits per heavy atom. The Morgan fingerprint density at radius 2 is 1.98 bits per heavy atom. The first-order valence-electron chi connectivity index (χ1n) is 13.3. The molecule has 6 heterocycles. The Labute approximate surface area is 231 Å². The van der Waals surface area contributed by atoms with E-state index in [2.05, 4.69) is 36.4 Å². The van der Waals surface area contributed by atoms with E-state index >= 15 is 0 Å². The monoisotopic (exact) mass is 575 g/mol. The van der Waals surface area contributed by atoms with Gasteiger partial charge < -0.3 is 33.7 Å². The summed E-state index contributed by atoms with van der Waals surface area (Å²) in [5.41, 5.74) is 0.679. The van der Waals surface area contributed by atoms with Crippen molar-refractivity contribution in [3.63, 3.8) is 0 Å². The van der Waals surface area contributed by atoms with Crippen LogP contribution < -0.4 is 10.2 Å². The number of morpholine rings is 1. The van der Waals surface area contributed by atoms with Gasteiger partial charge in [0.15, 0.2) is 34.7 Å². The lowest BCUT2D eigenvalue weighted by atomic mass is 10.0. The summed E-state index contributed by atoms with van der Waals surface area (Å²) in [5.74, 6) is 2.30. The van der Waals surface area contributed by atoms with E-state index in [0.717, 1.165) is 6.42 Å². The molecule has 216 valence electrons. The molecule has 0 amide bonds. The van der Waals surface area contributed by atoms with Gasteiger partial charge in [-0.1, -0.05) is 0 Å². The molecule has 3 fully saturated rings. The van der Waals surface area contributed by atoms with Crippen molar-refractivity contribution >= 4 is 24.7 Å². The Hall–Kier alpha value is -2.54. The van der Waals surface area contributed by atoms with Crippen molar-refractivity contribution in [2.24, 2.45) is 10.2 Å². The average molecular weight is 576 g/mol. The van der Waals surface area contributed by atoms with Crippen LogP contribution >= 0.6 is 7.75 Å². The van der Waals surface area contributed by atoms with E-state index in [-0.39, 0.29) is 19.7 Å². The highest BCUT2D eigenvalue weighted by Gasteiger charge is 2.56. The third-order valence-corrected chi connectivity index (χ3v) is 8.93. The lowest BCUT2D eigenvalue weighted by Crippen LogP contribution is -2.39. The molecule has 0 saturated carbocycles. The fourth-order valence-corrected chi connectivity index (χ4v) is 6.43. The van der Waals surface area contributed by atoms with Gasteiger partial charge in [0.25, 0.3) is 0 Å². The summed E-state index contributed by atoms with van der Waals surface area (Å²) in [7, 11) is -4.28. The van der Waals surface area contributed by atoms with Crippen LogP contribution in [0.1, 0.15) is 39.3 Å². The summed E-state index contributed by atoms with van der Waals surface area (Å²) in [6.45, 7) is 5.12. The maximum atomic E-state index is 12.8. The minimum absolute atomic E-state index is 0.221. The first-order valence-corrected chi connectivity index (χ1v) is 14.8. The Bertz CT molecular complexity index is 1350. The number of terminal acetylenes is 1. The molecule has 2 aromatic rings. The van der Waals surface area contributed by atoms with E-state index in [1.165, 1.54) is 11.0 Å². The number of fused-ring (bicyclic) bond motifs is 2. The maximum absolute atomic E-state index is 12.8. The molecule has 0 radical (unpaired) electrons. The van der Waals surface area contributed by atoms with E-state index < -0.39 is 43.7 Å². The standard InChI is InChI=1S/C24H33N8O7P/c1-4-5-6-24(29-30-24)7-8-25-20-17-21(27-14-26-20)32(15-28-17)22-19-18(38-23(2,3)39-19)16(37-22)13-36-40(33,34)31-9-11-35-12-10-31/h1,14-16,18-19,22H,5-13H2,2-3H3,(H,33,34)(H,25,26,27)/p-1/t16-,18+,19?,22-/m0/s1. The lowest BCUT2D eigenvalue weighted by molar-refractivity contribution is -0.223. The second-order valence-electron chi connectivity index (χ2n) is 10.6. The van der Waals surface area contributed by atoms with Crippen LogP contribution in [-0.2, 0) is 28.0 Å². The van der Waals surface area contributed by atoms with E-state index in [1.54, 1.807) is 24.7 Å². The topological polar surface area (TPSA) is 170 Å². The van der Waals surface area contributed by atoms with Crippen LogP contribution in [0.5, 0.6) is 0 Å². The zero-order chi connectivity index (χ0) is 28.0. The van der Waals surface area contributed by atoms with Crippen LogP contribution in [0.4, 0.5) is 5.82 Å². The lowest BCUT2D eigenvalue weighted by Gasteiger charge is -2.38. The molecule has 40 heavy (non-hydrogen) atoms. The zero-order valence-corrected chi connectivity index (χ0v) is 23.2. The summed E-state index contributed by atoms with van der Waals surface area (Å²) >= 11 is 0. The van der Waals surface area contributed by atoms with E-state index in [1.807, 2.05) is 0 Å². The molecule has 4 aliphatic heterocycles. The second-order valence-corrected chi connectivity index (χ2v) is 12.3. The van der Waals surface area contributed by atoms with Crippen molar-refractivity contribution in [2.45, 2.75) is 69.1 Å². The number of ether oxygens (including phenoxy) is 4. The molecule has 16 heteroatoms. The van der Waals surface area contributed by atoms with Crippen LogP contribution in [0.2, 0.25) is 0 Å². The van der Waals surface area contributed by atoms with Crippen molar-refractivity contribution in [1.82, 2.24) is 24.2 Å². The SMILES string of the molecule is C#CCCC1(CCNc2ncnc3c2ncn3[C@H]2O[C@@H](COP(=O)([O-])N3CCOCC3)[C@H]3OC(C)(C)OC32)N=N1. The van der Waals surface area contributed by atoms with Crippen LogP contribution in [0.3, 0.4) is 0 Å². The van der Waals surface area contributed by atoms with E-state index in [4.69, 9.17) is 29.9 Å². The number of rotatable bonds is 11. The fraction of sp³-hybridized carbons (Fsp3) is 0.708. The molecule has 3 saturated heterocycles. The normalized spacial score (nSPS) is 30.1. The summed E-state index contributed by atoms with van der Waals surface area (Å²) in [6.07, 6.45) is 7.96. The molecule has 5 atom stereocenters. The molecule has 1 N–H and O–H groups in total. The van der Waals surface area contributed by atoms with Crippen molar-refractivity contribution in [3.05, 3.63) is 12.7 Å².